The normalized spacial score (nSPS) is 10.5. The molecule has 0 unspecified atom stereocenters. The molecule has 0 spiro atoms. The summed E-state index contributed by atoms with van der Waals surface area (Å²) in [5.41, 5.74) is 1.79. The van der Waals surface area contributed by atoms with E-state index in [1.54, 1.807) is 19.1 Å². The van der Waals surface area contributed by atoms with E-state index in [4.69, 9.17) is 13.9 Å². The van der Waals surface area contributed by atoms with E-state index in [9.17, 15) is 14.9 Å². The van der Waals surface area contributed by atoms with Crippen molar-refractivity contribution < 1.29 is 23.6 Å². The van der Waals surface area contributed by atoms with Gasteiger partial charge < -0.3 is 19.2 Å². The van der Waals surface area contributed by atoms with Gasteiger partial charge in [-0.3, -0.25) is 14.9 Å². The van der Waals surface area contributed by atoms with E-state index in [2.05, 4.69) is 5.32 Å². The number of furan rings is 1. The maximum Gasteiger partial charge on any atom is 0.296 e. The number of carbonyl (C=O) groups is 1. The topological polar surface area (TPSA) is 104 Å². The Hall–Kier alpha value is -3.81. The highest BCUT2D eigenvalue weighted by Crippen LogP contribution is 2.30. The van der Waals surface area contributed by atoms with Gasteiger partial charge in [0.25, 0.3) is 11.6 Å². The largest absolute Gasteiger partial charge is 0.494 e. The molecule has 30 heavy (non-hydrogen) atoms. The minimum Gasteiger partial charge on any atom is -0.494 e. The van der Waals surface area contributed by atoms with E-state index < -0.39 is 10.8 Å². The van der Waals surface area contributed by atoms with E-state index in [1.807, 2.05) is 32.0 Å². The molecule has 2 aromatic carbocycles. The predicted octanol–water partition coefficient (Wildman–Crippen LogP) is 5.03. The lowest BCUT2D eigenvalue weighted by molar-refractivity contribution is -0.384. The van der Waals surface area contributed by atoms with E-state index in [-0.39, 0.29) is 23.7 Å². The molecule has 3 rings (SSSR count). The molecule has 0 saturated heterocycles. The highest BCUT2D eigenvalue weighted by atomic mass is 16.6. The van der Waals surface area contributed by atoms with Crippen molar-refractivity contribution in [1.29, 1.82) is 0 Å². The molecule has 1 N–H and O–H groups in total. The molecule has 0 aliphatic carbocycles. The van der Waals surface area contributed by atoms with Crippen LogP contribution in [0.15, 0.2) is 52.9 Å². The molecule has 1 heterocycles. The molecule has 1 amide bonds. The van der Waals surface area contributed by atoms with Crippen molar-refractivity contribution in [3.05, 3.63) is 81.3 Å². The standard InChI is InChI=1S/C22H22N2O6/c1-4-28-16-8-10-18(19(12-16)24(26)27)23-22(25)20-11-9-17(30-20)13-29-21-14(2)6-5-7-15(21)3/h5-12H,4,13H2,1-3H3,(H,23,25). The lowest BCUT2D eigenvalue weighted by atomic mass is 10.1. The van der Waals surface area contributed by atoms with Crippen LogP contribution in [-0.2, 0) is 6.61 Å². The highest BCUT2D eigenvalue weighted by molar-refractivity contribution is 6.03. The van der Waals surface area contributed by atoms with Crippen LogP contribution in [0.25, 0.3) is 0 Å². The molecule has 8 nitrogen and oxygen atoms in total. The average molecular weight is 410 g/mol. The predicted molar refractivity (Wildman–Crippen MR) is 111 cm³/mol. The average Bonchev–Trinajstić information content (AvgIpc) is 3.18. The summed E-state index contributed by atoms with van der Waals surface area (Å²) < 4.78 is 16.6. The first-order valence-electron chi connectivity index (χ1n) is 9.39. The number of anilines is 1. The van der Waals surface area contributed by atoms with Crippen molar-refractivity contribution in [2.45, 2.75) is 27.4 Å². The second-order valence-corrected chi connectivity index (χ2v) is 6.60. The van der Waals surface area contributed by atoms with Gasteiger partial charge in [-0.2, -0.15) is 0 Å². The van der Waals surface area contributed by atoms with Crippen LogP contribution in [0.1, 0.15) is 34.4 Å². The number of hydrogen-bond acceptors (Lipinski definition) is 6. The molecule has 0 saturated carbocycles. The SMILES string of the molecule is CCOc1ccc(NC(=O)c2ccc(COc3c(C)cccc3C)o2)c([N+](=O)[O-])c1. The zero-order valence-electron chi connectivity index (χ0n) is 16.9. The second kappa shape index (κ2) is 9.13. The van der Waals surface area contributed by atoms with Crippen LogP contribution in [0.3, 0.4) is 0 Å². The Balaban J connectivity index is 1.70. The third-order valence-corrected chi connectivity index (χ3v) is 4.38. The molecule has 3 aromatic rings. The second-order valence-electron chi connectivity index (χ2n) is 6.60. The number of benzene rings is 2. The van der Waals surface area contributed by atoms with Gasteiger partial charge in [0.2, 0.25) is 0 Å². The van der Waals surface area contributed by atoms with Crippen molar-refractivity contribution in [3.8, 4) is 11.5 Å². The lowest BCUT2D eigenvalue weighted by Crippen LogP contribution is -2.12. The van der Waals surface area contributed by atoms with E-state index in [1.165, 1.54) is 18.2 Å². The van der Waals surface area contributed by atoms with Crippen LogP contribution in [0.2, 0.25) is 0 Å². The molecule has 0 aliphatic rings. The summed E-state index contributed by atoms with van der Waals surface area (Å²) in [5, 5.41) is 13.8. The van der Waals surface area contributed by atoms with Crippen molar-refractivity contribution in [1.82, 2.24) is 0 Å². The van der Waals surface area contributed by atoms with Gasteiger partial charge >= 0.3 is 0 Å². The Bertz CT molecular complexity index is 1050. The Morgan fingerprint density at radius 2 is 1.83 bits per heavy atom. The highest BCUT2D eigenvalue weighted by Gasteiger charge is 2.20. The number of ether oxygens (including phenoxy) is 2. The van der Waals surface area contributed by atoms with Crippen molar-refractivity contribution in [3.63, 3.8) is 0 Å². The van der Waals surface area contributed by atoms with Crippen LogP contribution in [0.4, 0.5) is 11.4 Å². The number of nitro groups is 1. The number of para-hydroxylation sites is 1. The van der Waals surface area contributed by atoms with Gasteiger partial charge in [0.15, 0.2) is 5.76 Å². The summed E-state index contributed by atoms with van der Waals surface area (Å²) in [6, 6.07) is 13.2. The van der Waals surface area contributed by atoms with Gasteiger partial charge in [0.05, 0.1) is 17.6 Å². The zero-order chi connectivity index (χ0) is 21.7. The zero-order valence-corrected chi connectivity index (χ0v) is 16.9. The first-order valence-corrected chi connectivity index (χ1v) is 9.39. The summed E-state index contributed by atoms with van der Waals surface area (Å²) >= 11 is 0. The fourth-order valence-electron chi connectivity index (χ4n) is 2.96. The molecule has 0 fully saturated rings. The van der Waals surface area contributed by atoms with Gasteiger partial charge in [0, 0.05) is 0 Å². The smallest absolute Gasteiger partial charge is 0.296 e. The molecular formula is C22H22N2O6. The van der Waals surface area contributed by atoms with Gasteiger partial charge in [-0.15, -0.1) is 0 Å². The van der Waals surface area contributed by atoms with Crippen molar-refractivity contribution in [2.75, 3.05) is 11.9 Å². The summed E-state index contributed by atoms with van der Waals surface area (Å²) in [6.45, 7) is 6.21. The van der Waals surface area contributed by atoms with Crippen LogP contribution in [-0.4, -0.2) is 17.4 Å². The first-order chi connectivity index (χ1) is 14.4. The molecule has 8 heteroatoms. The Morgan fingerprint density at radius 3 is 2.50 bits per heavy atom. The van der Waals surface area contributed by atoms with Crippen molar-refractivity contribution in [2.24, 2.45) is 0 Å². The van der Waals surface area contributed by atoms with E-state index in [0.29, 0.717) is 18.1 Å². The molecular weight excluding hydrogens is 388 g/mol. The van der Waals surface area contributed by atoms with Gasteiger partial charge in [0.1, 0.15) is 29.6 Å². The Kier molecular flexibility index (Phi) is 6.36. The number of aryl methyl sites for hydroxylation is 2. The van der Waals surface area contributed by atoms with Crippen LogP contribution in [0, 0.1) is 24.0 Å². The number of hydrogen-bond donors (Lipinski definition) is 1. The third-order valence-electron chi connectivity index (χ3n) is 4.38. The third kappa shape index (κ3) is 4.78. The summed E-state index contributed by atoms with van der Waals surface area (Å²) in [5.74, 6) is 1.01. The number of nitro benzene ring substituents is 1. The monoisotopic (exact) mass is 410 g/mol. The minimum absolute atomic E-state index is 0.0262. The Morgan fingerprint density at radius 1 is 1.10 bits per heavy atom. The summed E-state index contributed by atoms with van der Waals surface area (Å²) in [6.07, 6.45) is 0. The van der Waals surface area contributed by atoms with Crippen LogP contribution in [0.5, 0.6) is 11.5 Å². The van der Waals surface area contributed by atoms with Crippen molar-refractivity contribution >= 4 is 17.3 Å². The quantitative estimate of drug-likeness (QED) is 0.412. The molecule has 0 atom stereocenters. The molecule has 0 bridgehead atoms. The van der Waals surface area contributed by atoms with Crippen LogP contribution < -0.4 is 14.8 Å². The molecule has 1 aromatic heterocycles. The molecule has 0 radical (unpaired) electrons. The van der Waals surface area contributed by atoms with Gasteiger partial charge in [-0.05, 0) is 56.2 Å². The number of rotatable bonds is 8. The number of nitrogens with zero attached hydrogens (tertiary/aromatic N) is 1. The Labute approximate surface area is 173 Å². The molecule has 156 valence electrons. The summed E-state index contributed by atoms with van der Waals surface area (Å²) in [4.78, 5) is 23.3. The minimum atomic E-state index is -0.597. The maximum atomic E-state index is 12.5. The van der Waals surface area contributed by atoms with Gasteiger partial charge in [-0.25, -0.2) is 0 Å². The van der Waals surface area contributed by atoms with E-state index >= 15 is 0 Å². The summed E-state index contributed by atoms with van der Waals surface area (Å²) in [7, 11) is 0. The van der Waals surface area contributed by atoms with Crippen LogP contribution >= 0.6 is 0 Å². The number of amides is 1. The molecule has 0 aliphatic heterocycles. The number of nitrogens with one attached hydrogen (secondary N) is 1. The lowest BCUT2D eigenvalue weighted by Gasteiger charge is -2.10. The first kappa shape index (κ1) is 20.9. The fourth-order valence-corrected chi connectivity index (χ4v) is 2.96. The fraction of sp³-hybridized carbons (Fsp3) is 0.227. The van der Waals surface area contributed by atoms with E-state index in [0.717, 1.165) is 16.9 Å². The maximum absolute atomic E-state index is 12.5. The number of carbonyl (C=O) groups excluding carboxylic acids is 1. The van der Waals surface area contributed by atoms with Gasteiger partial charge in [-0.1, -0.05) is 18.2 Å².